The van der Waals surface area contributed by atoms with E-state index in [4.69, 9.17) is 0 Å². The van der Waals surface area contributed by atoms with Crippen molar-refractivity contribution >= 4 is 21.9 Å². The van der Waals surface area contributed by atoms with Crippen LogP contribution >= 0.6 is 15.9 Å². The third-order valence-corrected chi connectivity index (χ3v) is 4.67. The van der Waals surface area contributed by atoms with Crippen molar-refractivity contribution in [1.29, 1.82) is 0 Å². The molecule has 1 heterocycles. The predicted octanol–water partition coefficient (Wildman–Crippen LogP) is 2.93. The lowest BCUT2D eigenvalue weighted by molar-refractivity contribution is -0.143. The van der Waals surface area contributed by atoms with E-state index in [2.05, 4.69) is 26.0 Å². The maximum atomic E-state index is 11.7. The first-order valence-electron chi connectivity index (χ1n) is 6.52. The van der Waals surface area contributed by atoms with Gasteiger partial charge in [0.1, 0.15) is 12.7 Å². The highest BCUT2D eigenvalue weighted by atomic mass is 79.9. The smallest absolute Gasteiger partial charge is 0.314 e. The van der Waals surface area contributed by atoms with Crippen LogP contribution in [-0.4, -0.2) is 25.8 Å². The van der Waals surface area contributed by atoms with Crippen molar-refractivity contribution < 1.29 is 9.90 Å². The lowest BCUT2D eigenvalue weighted by atomic mass is 9.79. The zero-order valence-corrected chi connectivity index (χ0v) is 12.4. The second-order valence-electron chi connectivity index (χ2n) is 5.10. The zero-order valence-electron chi connectivity index (χ0n) is 10.8. The number of carbonyl (C=O) groups is 1. The molecule has 1 N–H and O–H groups in total. The summed E-state index contributed by atoms with van der Waals surface area (Å²) in [6.07, 6.45) is 6.43. The lowest BCUT2D eigenvalue weighted by Gasteiger charge is -2.25. The number of halogens is 1. The molecule has 1 aliphatic rings. The van der Waals surface area contributed by atoms with Gasteiger partial charge in [-0.3, -0.25) is 4.79 Å². The van der Waals surface area contributed by atoms with Crippen LogP contribution in [0.4, 0.5) is 0 Å². The molecule has 0 radical (unpaired) electrons. The number of aliphatic carboxylic acids is 1. The van der Waals surface area contributed by atoms with Crippen LogP contribution in [0.25, 0.3) is 5.69 Å². The summed E-state index contributed by atoms with van der Waals surface area (Å²) in [7, 11) is 0. The predicted molar refractivity (Wildman–Crippen MR) is 76.8 cm³/mol. The summed E-state index contributed by atoms with van der Waals surface area (Å²) < 4.78 is 2.48. The van der Waals surface area contributed by atoms with E-state index in [0.717, 1.165) is 28.6 Å². The number of benzene rings is 1. The van der Waals surface area contributed by atoms with Crippen LogP contribution in [0.1, 0.15) is 31.2 Å². The Balaban J connectivity index is 2.04. The van der Waals surface area contributed by atoms with Crippen molar-refractivity contribution in [2.45, 2.75) is 31.1 Å². The van der Waals surface area contributed by atoms with Crippen molar-refractivity contribution in [3.05, 3.63) is 40.9 Å². The molecule has 0 spiro atoms. The summed E-state index contributed by atoms with van der Waals surface area (Å²) in [6, 6.07) is 5.68. The molecule has 20 heavy (non-hydrogen) atoms. The third kappa shape index (κ3) is 2.04. The molecule has 0 unspecified atom stereocenters. The van der Waals surface area contributed by atoms with Crippen molar-refractivity contribution in [2.24, 2.45) is 0 Å². The Hall–Kier alpha value is -1.69. The summed E-state index contributed by atoms with van der Waals surface area (Å²) in [5, 5.41) is 13.7. The van der Waals surface area contributed by atoms with Gasteiger partial charge < -0.3 is 5.11 Å². The zero-order chi connectivity index (χ0) is 14.2. The van der Waals surface area contributed by atoms with Crippen LogP contribution in [0.2, 0.25) is 0 Å². The molecule has 5 nitrogen and oxygen atoms in total. The molecular formula is C14H14BrN3O2. The second kappa shape index (κ2) is 5.01. The van der Waals surface area contributed by atoms with Crippen molar-refractivity contribution in [3.8, 4) is 5.69 Å². The minimum Gasteiger partial charge on any atom is -0.481 e. The van der Waals surface area contributed by atoms with Gasteiger partial charge in [0.15, 0.2) is 0 Å². The highest BCUT2D eigenvalue weighted by Crippen LogP contribution is 2.42. The molecule has 0 aliphatic heterocycles. The Morgan fingerprint density at radius 1 is 1.35 bits per heavy atom. The van der Waals surface area contributed by atoms with Gasteiger partial charge in [-0.15, -0.1) is 0 Å². The van der Waals surface area contributed by atoms with Crippen LogP contribution in [0.5, 0.6) is 0 Å². The molecule has 6 heteroatoms. The highest BCUT2D eigenvalue weighted by Gasteiger charge is 2.43. The number of aromatic nitrogens is 3. The normalized spacial score (nSPS) is 17.2. The molecule has 1 saturated carbocycles. The van der Waals surface area contributed by atoms with Crippen LogP contribution in [0, 0.1) is 0 Å². The van der Waals surface area contributed by atoms with Gasteiger partial charge in [0.2, 0.25) is 0 Å². The molecule has 0 amide bonds. The monoisotopic (exact) mass is 335 g/mol. The maximum absolute atomic E-state index is 11.7. The van der Waals surface area contributed by atoms with Crippen LogP contribution in [0.15, 0.2) is 35.3 Å². The number of carboxylic acid groups (broad SMARTS) is 1. The Kier molecular flexibility index (Phi) is 3.33. The first-order valence-corrected chi connectivity index (χ1v) is 7.31. The summed E-state index contributed by atoms with van der Waals surface area (Å²) in [6.45, 7) is 0. The first kappa shape index (κ1) is 13.3. The van der Waals surface area contributed by atoms with E-state index in [9.17, 15) is 9.90 Å². The fourth-order valence-corrected chi connectivity index (χ4v) is 3.49. The van der Waals surface area contributed by atoms with E-state index in [1.807, 2.05) is 18.2 Å². The van der Waals surface area contributed by atoms with Gasteiger partial charge in [-0.05, 0) is 46.5 Å². The molecule has 0 bridgehead atoms. The number of hydrogen-bond acceptors (Lipinski definition) is 3. The van der Waals surface area contributed by atoms with E-state index in [1.165, 1.54) is 6.33 Å². The third-order valence-electron chi connectivity index (χ3n) is 4.03. The van der Waals surface area contributed by atoms with Gasteiger partial charge in [0.25, 0.3) is 0 Å². The first-order chi connectivity index (χ1) is 9.63. The largest absolute Gasteiger partial charge is 0.481 e. The topological polar surface area (TPSA) is 68.0 Å². The lowest BCUT2D eigenvalue weighted by Crippen LogP contribution is -2.32. The Labute approximate surface area is 124 Å². The van der Waals surface area contributed by atoms with E-state index >= 15 is 0 Å². The SMILES string of the molecule is O=C(O)C1(c2ccc(-n3cncn3)c(Br)c2)CCCC1. The summed E-state index contributed by atoms with van der Waals surface area (Å²) in [4.78, 5) is 15.6. The quantitative estimate of drug-likeness (QED) is 0.936. The average molecular weight is 336 g/mol. The van der Waals surface area contributed by atoms with E-state index < -0.39 is 11.4 Å². The number of nitrogens with zero attached hydrogens (tertiary/aromatic N) is 3. The standard InChI is InChI=1S/C14H14BrN3O2/c15-11-7-10(14(13(19)20)5-1-2-6-14)3-4-12(11)18-9-16-8-17-18/h3-4,7-9H,1-2,5-6H2,(H,19,20). The minimum atomic E-state index is -0.733. The van der Waals surface area contributed by atoms with Gasteiger partial charge in [0.05, 0.1) is 11.1 Å². The van der Waals surface area contributed by atoms with Crippen LogP contribution in [-0.2, 0) is 10.2 Å². The summed E-state index contributed by atoms with van der Waals surface area (Å²) in [5.41, 5.74) is 0.978. The molecule has 0 atom stereocenters. The molecule has 1 aliphatic carbocycles. The molecule has 104 valence electrons. The van der Waals surface area contributed by atoms with E-state index in [0.29, 0.717) is 12.8 Å². The molecule has 3 rings (SSSR count). The van der Waals surface area contributed by atoms with Gasteiger partial charge in [-0.25, -0.2) is 9.67 Å². The second-order valence-corrected chi connectivity index (χ2v) is 5.95. The average Bonchev–Trinajstić information content (AvgIpc) is 3.11. The molecule has 1 aromatic heterocycles. The summed E-state index contributed by atoms with van der Waals surface area (Å²) >= 11 is 3.51. The van der Waals surface area contributed by atoms with Gasteiger partial charge in [-0.2, -0.15) is 5.10 Å². The van der Waals surface area contributed by atoms with Crippen molar-refractivity contribution in [2.75, 3.05) is 0 Å². The minimum absolute atomic E-state index is 0.706. The molecular weight excluding hydrogens is 322 g/mol. The van der Waals surface area contributed by atoms with Crippen molar-refractivity contribution in [3.63, 3.8) is 0 Å². The summed E-state index contributed by atoms with van der Waals surface area (Å²) in [5.74, 6) is -0.726. The van der Waals surface area contributed by atoms with E-state index in [1.54, 1.807) is 11.0 Å². The van der Waals surface area contributed by atoms with Crippen LogP contribution in [0.3, 0.4) is 0 Å². The molecule has 1 fully saturated rings. The Morgan fingerprint density at radius 2 is 2.10 bits per heavy atom. The number of rotatable bonds is 3. The molecule has 1 aromatic carbocycles. The molecule has 0 saturated heterocycles. The van der Waals surface area contributed by atoms with Gasteiger partial charge in [0, 0.05) is 4.47 Å². The van der Waals surface area contributed by atoms with Crippen LogP contribution < -0.4 is 0 Å². The fraction of sp³-hybridized carbons (Fsp3) is 0.357. The van der Waals surface area contributed by atoms with Gasteiger partial charge >= 0.3 is 5.97 Å². The molecule has 2 aromatic rings. The highest BCUT2D eigenvalue weighted by molar-refractivity contribution is 9.10. The number of hydrogen-bond donors (Lipinski definition) is 1. The Morgan fingerprint density at radius 3 is 2.65 bits per heavy atom. The number of carboxylic acids is 1. The maximum Gasteiger partial charge on any atom is 0.314 e. The van der Waals surface area contributed by atoms with Crippen molar-refractivity contribution in [1.82, 2.24) is 14.8 Å². The fourth-order valence-electron chi connectivity index (χ4n) is 2.93. The van der Waals surface area contributed by atoms with Gasteiger partial charge in [-0.1, -0.05) is 18.9 Å². The van der Waals surface area contributed by atoms with E-state index in [-0.39, 0.29) is 0 Å². The Bertz CT molecular complexity index is 634.